The van der Waals surface area contributed by atoms with Gasteiger partial charge in [-0.05, 0) is 38.0 Å². The second-order valence-electron chi connectivity index (χ2n) is 6.24. The van der Waals surface area contributed by atoms with E-state index in [-0.39, 0.29) is 0 Å². The van der Waals surface area contributed by atoms with Gasteiger partial charge in [0.25, 0.3) is 0 Å². The average molecular weight is 272 g/mol. The van der Waals surface area contributed by atoms with Crippen molar-refractivity contribution in [3.63, 3.8) is 0 Å². The molecular formula is C15H20N4O. The number of allylic oxidation sites excluding steroid dienone is 1. The molecule has 0 aromatic carbocycles. The molecule has 0 spiro atoms. The molecule has 20 heavy (non-hydrogen) atoms. The van der Waals surface area contributed by atoms with E-state index in [0.29, 0.717) is 17.8 Å². The van der Waals surface area contributed by atoms with E-state index in [1.165, 1.54) is 25.7 Å². The van der Waals surface area contributed by atoms with Crippen molar-refractivity contribution in [3.8, 4) is 0 Å². The molecule has 3 atom stereocenters. The first-order valence-corrected chi connectivity index (χ1v) is 7.43. The number of nitrogens with zero attached hydrogens (tertiary/aromatic N) is 3. The standard InChI is InChI=1S/C15H20N4O/c1-9-14(15-17-4-5-20-15)18-13(16)8-19(9)12-7-10-2-3-11(12)6-10/h4-5,10-12H,2-3,6-8H2,1H3,(H2,16,18)/t10-,11+,12+/m0/s1. The number of rotatable bonds is 2. The van der Waals surface area contributed by atoms with Crippen molar-refractivity contribution in [2.75, 3.05) is 6.54 Å². The molecule has 0 radical (unpaired) electrons. The topological polar surface area (TPSA) is 67.6 Å². The van der Waals surface area contributed by atoms with Crippen LogP contribution >= 0.6 is 0 Å². The predicted octanol–water partition coefficient (Wildman–Crippen LogP) is 2.22. The fraction of sp³-hybridized carbons (Fsp3) is 0.600. The van der Waals surface area contributed by atoms with Crippen LogP contribution in [0.3, 0.4) is 0 Å². The van der Waals surface area contributed by atoms with E-state index in [1.807, 2.05) is 0 Å². The van der Waals surface area contributed by atoms with E-state index in [4.69, 9.17) is 10.2 Å². The van der Waals surface area contributed by atoms with E-state index < -0.39 is 0 Å². The molecule has 1 aromatic rings. The van der Waals surface area contributed by atoms with Gasteiger partial charge < -0.3 is 15.1 Å². The molecule has 2 bridgehead atoms. The first-order valence-electron chi connectivity index (χ1n) is 7.43. The van der Waals surface area contributed by atoms with Crippen LogP contribution in [0.2, 0.25) is 0 Å². The molecule has 1 aliphatic heterocycles. The molecule has 0 unspecified atom stereocenters. The molecule has 3 aliphatic rings. The molecule has 5 heteroatoms. The summed E-state index contributed by atoms with van der Waals surface area (Å²) in [6, 6.07) is 0.618. The number of amidine groups is 1. The van der Waals surface area contributed by atoms with Gasteiger partial charge in [0, 0.05) is 11.7 Å². The number of aliphatic imine (C=N–C) groups is 1. The molecule has 0 amide bonds. The monoisotopic (exact) mass is 272 g/mol. The van der Waals surface area contributed by atoms with Gasteiger partial charge in [0.1, 0.15) is 17.8 Å². The van der Waals surface area contributed by atoms with Crippen LogP contribution < -0.4 is 5.73 Å². The highest BCUT2D eigenvalue weighted by Crippen LogP contribution is 2.48. The van der Waals surface area contributed by atoms with Crippen molar-refractivity contribution in [1.82, 2.24) is 9.88 Å². The minimum absolute atomic E-state index is 0.568. The molecule has 2 aliphatic carbocycles. The normalized spacial score (nSPS) is 33.0. The summed E-state index contributed by atoms with van der Waals surface area (Å²) >= 11 is 0. The van der Waals surface area contributed by atoms with Crippen LogP contribution in [0.1, 0.15) is 38.5 Å². The van der Waals surface area contributed by atoms with E-state index in [2.05, 4.69) is 21.8 Å². The van der Waals surface area contributed by atoms with Gasteiger partial charge in [0.15, 0.2) is 0 Å². The number of nitrogens with two attached hydrogens (primary N) is 1. The average Bonchev–Trinajstić information content (AvgIpc) is 3.17. The Hall–Kier alpha value is -1.78. The number of hydrogen-bond donors (Lipinski definition) is 1. The van der Waals surface area contributed by atoms with Gasteiger partial charge in [-0.15, -0.1) is 0 Å². The number of aromatic nitrogens is 1. The van der Waals surface area contributed by atoms with Crippen molar-refractivity contribution in [1.29, 1.82) is 0 Å². The molecule has 0 saturated heterocycles. The maximum Gasteiger partial charge on any atom is 0.246 e. The molecule has 2 fully saturated rings. The molecule has 2 N–H and O–H groups in total. The summed E-state index contributed by atoms with van der Waals surface area (Å²) < 4.78 is 5.41. The van der Waals surface area contributed by atoms with Crippen LogP contribution in [0.4, 0.5) is 0 Å². The Morgan fingerprint density at radius 1 is 1.35 bits per heavy atom. The number of fused-ring (bicyclic) bond motifs is 2. The van der Waals surface area contributed by atoms with Gasteiger partial charge >= 0.3 is 0 Å². The fourth-order valence-electron chi connectivity index (χ4n) is 4.19. The predicted molar refractivity (Wildman–Crippen MR) is 76.7 cm³/mol. The van der Waals surface area contributed by atoms with Crippen molar-refractivity contribution >= 4 is 11.5 Å². The van der Waals surface area contributed by atoms with Crippen LogP contribution in [0, 0.1) is 11.8 Å². The van der Waals surface area contributed by atoms with E-state index in [1.54, 1.807) is 12.5 Å². The SMILES string of the molecule is CC1=C(c2ncco2)N=C(N)CN1[C@@H]1C[C@H]2CC[C@@H]1C2. The highest BCUT2D eigenvalue weighted by molar-refractivity contribution is 5.90. The summed E-state index contributed by atoms with van der Waals surface area (Å²) in [4.78, 5) is 11.1. The third-order valence-electron chi connectivity index (χ3n) is 5.10. The summed E-state index contributed by atoms with van der Waals surface area (Å²) in [6.07, 6.45) is 8.70. The third kappa shape index (κ3) is 1.76. The summed E-state index contributed by atoms with van der Waals surface area (Å²) in [6.45, 7) is 2.85. The third-order valence-corrected chi connectivity index (χ3v) is 5.10. The minimum atomic E-state index is 0.568. The summed E-state index contributed by atoms with van der Waals surface area (Å²) in [7, 11) is 0. The lowest BCUT2D eigenvalue weighted by Gasteiger charge is -2.38. The molecule has 4 rings (SSSR count). The Labute approximate surface area is 118 Å². The highest BCUT2D eigenvalue weighted by atomic mass is 16.3. The number of hydrogen-bond acceptors (Lipinski definition) is 5. The van der Waals surface area contributed by atoms with E-state index in [9.17, 15) is 0 Å². The van der Waals surface area contributed by atoms with Crippen molar-refractivity contribution < 1.29 is 4.42 Å². The zero-order valence-corrected chi connectivity index (χ0v) is 11.7. The van der Waals surface area contributed by atoms with Crippen LogP contribution in [-0.4, -0.2) is 28.3 Å². The Morgan fingerprint density at radius 3 is 2.90 bits per heavy atom. The minimum Gasteiger partial charge on any atom is -0.443 e. The Kier molecular flexibility index (Phi) is 2.62. The molecule has 1 aromatic heterocycles. The molecule has 2 saturated carbocycles. The Balaban J connectivity index is 1.69. The maximum absolute atomic E-state index is 6.05. The Morgan fingerprint density at radius 2 is 2.25 bits per heavy atom. The van der Waals surface area contributed by atoms with Crippen LogP contribution in [0.25, 0.3) is 5.70 Å². The largest absolute Gasteiger partial charge is 0.443 e. The summed E-state index contributed by atoms with van der Waals surface area (Å²) in [5.74, 6) is 2.97. The Bertz CT molecular complexity index is 575. The molecular weight excluding hydrogens is 252 g/mol. The quantitative estimate of drug-likeness (QED) is 0.896. The van der Waals surface area contributed by atoms with Gasteiger partial charge in [-0.1, -0.05) is 6.42 Å². The lowest BCUT2D eigenvalue weighted by atomic mass is 9.93. The highest BCUT2D eigenvalue weighted by Gasteiger charge is 2.43. The van der Waals surface area contributed by atoms with E-state index in [0.717, 1.165) is 29.8 Å². The van der Waals surface area contributed by atoms with Crippen molar-refractivity contribution in [2.45, 2.75) is 38.6 Å². The second kappa shape index (κ2) is 4.36. The maximum atomic E-state index is 6.05. The second-order valence-corrected chi connectivity index (χ2v) is 6.24. The van der Waals surface area contributed by atoms with Gasteiger partial charge in [-0.2, -0.15) is 0 Å². The smallest absolute Gasteiger partial charge is 0.246 e. The fourth-order valence-corrected chi connectivity index (χ4v) is 4.19. The zero-order valence-electron chi connectivity index (χ0n) is 11.7. The van der Waals surface area contributed by atoms with Gasteiger partial charge in [0.05, 0.1) is 12.7 Å². The van der Waals surface area contributed by atoms with Crippen LogP contribution in [-0.2, 0) is 0 Å². The van der Waals surface area contributed by atoms with Crippen LogP contribution in [0.5, 0.6) is 0 Å². The lowest BCUT2D eigenvalue weighted by Crippen LogP contribution is -2.44. The van der Waals surface area contributed by atoms with Gasteiger partial charge in [0.2, 0.25) is 5.89 Å². The van der Waals surface area contributed by atoms with Gasteiger partial charge in [-0.3, -0.25) is 0 Å². The lowest BCUT2D eigenvalue weighted by molar-refractivity contribution is 0.203. The summed E-state index contributed by atoms with van der Waals surface area (Å²) in [5, 5.41) is 0. The van der Waals surface area contributed by atoms with Crippen LogP contribution in [0.15, 0.2) is 27.6 Å². The van der Waals surface area contributed by atoms with Gasteiger partial charge in [-0.25, -0.2) is 9.98 Å². The van der Waals surface area contributed by atoms with E-state index >= 15 is 0 Å². The van der Waals surface area contributed by atoms with Crippen molar-refractivity contribution in [3.05, 3.63) is 24.0 Å². The number of oxazole rings is 1. The zero-order chi connectivity index (χ0) is 13.7. The molecule has 2 heterocycles. The first kappa shape index (κ1) is 12.0. The molecule has 106 valence electrons. The summed E-state index contributed by atoms with van der Waals surface area (Å²) in [5.41, 5.74) is 8.00. The molecule has 5 nitrogen and oxygen atoms in total. The first-order chi connectivity index (χ1) is 9.72. The van der Waals surface area contributed by atoms with Crippen molar-refractivity contribution in [2.24, 2.45) is 22.6 Å².